The first-order valence-electron chi connectivity index (χ1n) is 42.3. The maximum atomic E-state index is 10.9. The van der Waals surface area contributed by atoms with Crippen LogP contribution < -0.4 is 22.7 Å². The van der Waals surface area contributed by atoms with Crippen LogP contribution in [-0.2, 0) is 46.2 Å². The van der Waals surface area contributed by atoms with E-state index in [1.165, 1.54) is 28.9 Å². The molecule has 132 heavy (non-hydrogen) atoms. The van der Waals surface area contributed by atoms with Crippen LogP contribution in [0.2, 0.25) is 0 Å². The molecule has 0 bridgehead atoms. The molecule has 1 saturated heterocycles. The number of aldehydes is 1. The van der Waals surface area contributed by atoms with Crippen LogP contribution in [0.3, 0.4) is 0 Å². The van der Waals surface area contributed by atoms with Crippen molar-refractivity contribution < 1.29 is 28.7 Å². The average Bonchev–Trinajstić information content (AvgIpc) is 1.58. The quantitative estimate of drug-likeness (QED) is 0.0203. The fourth-order valence-electron chi connectivity index (χ4n) is 13.6. The summed E-state index contributed by atoms with van der Waals surface area (Å²) in [5.41, 5.74) is 37.2. The third-order valence-corrected chi connectivity index (χ3v) is 24.3. The van der Waals surface area contributed by atoms with Gasteiger partial charge in [0.2, 0.25) is 0 Å². The minimum Gasteiger partial charge on any atom is -0.399 e. The molecule has 27 heteroatoms. The molecule has 1 aliphatic heterocycles. The Morgan fingerprint density at radius 1 is 0.417 bits per heavy atom. The molecule has 0 saturated carbocycles. The van der Waals surface area contributed by atoms with Crippen molar-refractivity contribution in [3.8, 4) is 28.2 Å². The molecule has 17 aromatic rings. The van der Waals surface area contributed by atoms with Crippen LogP contribution in [0, 0.1) is 20.2 Å². The van der Waals surface area contributed by atoms with Crippen LogP contribution >= 0.6 is 107 Å². The molecule has 0 atom stereocenters. The molecule has 0 aliphatic carbocycles. The van der Waals surface area contributed by atoms with E-state index in [1.54, 1.807) is 42.5 Å². The zero-order valence-corrected chi connectivity index (χ0v) is 84.2. The lowest BCUT2D eigenvalue weighted by molar-refractivity contribution is -0.385. The molecule has 0 amide bonds. The Bertz CT molecular complexity index is 6650. The van der Waals surface area contributed by atoms with E-state index in [0.29, 0.717) is 27.4 Å². The van der Waals surface area contributed by atoms with Gasteiger partial charge in [-0.25, -0.2) is 15.0 Å². The van der Waals surface area contributed by atoms with E-state index in [1.807, 2.05) is 146 Å². The molecule has 1 fully saturated rings. The van der Waals surface area contributed by atoms with Crippen LogP contribution in [0.1, 0.15) is 112 Å². The number of imidazole rings is 3. The Labute approximate surface area is 825 Å². The summed E-state index contributed by atoms with van der Waals surface area (Å²) in [6, 6.07) is 110. The Morgan fingerprint density at radius 3 is 1.20 bits per heavy atom. The summed E-state index contributed by atoms with van der Waals surface area (Å²) in [5, 5.41) is 20.9. The number of nitrogen functional groups attached to an aromatic ring is 3. The lowest BCUT2D eigenvalue weighted by atomic mass is 9.79. The van der Waals surface area contributed by atoms with Gasteiger partial charge in [-0.05, 0) is 241 Å². The molecular weight excluding hydrogens is 2070 g/mol. The molecule has 1 aliphatic rings. The zero-order valence-electron chi connectivity index (χ0n) is 74.0. The number of carbonyl (C=O) groups is 2. The first-order chi connectivity index (χ1) is 63.4. The number of carbonyl (C=O) groups excluding carboxylic acids is 2. The van der Waals surface area contributed by atoms with Crippen molar-refractivity contribution in [2.45, 2.75) is 105 Å². The second-order valence-electron chi connectivity index (χ2n) is 30.7. The van der Waals surface area contributed by atoms with Crippen molar-refractivity contribution in [1.29, 1.82) is 0 Å². The summed E-state index contributed by atoms with van der Waals surface area (Å²) in [4.78, 5) is 54.6. The topological polar surface area (TPSA) is 270 Å². The number of aryl methyl sites for hydroxylation is 3. The number of para-hydroxylation sites is 5. The number of anilines is 3. The average molecular weight is 2170 g/mol. The maximum Gasteiger partial charge on any atom is 0.494 e. The normalized spacial score (nSPS) is 11.8. The minimum atomic E-state index is -0.436. The van der Waals surface area contributed by atoms with Crippen LogP contribution in [0.15, 0.2) is 367 Å². The molecule has 6 N–H and O–H groups in total. The zero-order chi connectivity index (χ0) is 95.0. The van der Waals surface area contributed by atoms with Crippen LogP contribution in [0.25, 0.3) is 61.3 Å². The van der Waals surface area contributed by atoms with Crippen molar-refractivity contribution in [3.05, 3.63) is 432 Å². The minimum absolute atomic E-state index is 0.0689. The number of aromatic nitrogens is 6. The SMILES string of the molecule is CCC=O.CCc1nc2cc(-c3ccccc3N)ccc2n1-c1ccccc1.CCc1nc2cc(B3OC(C)(C)C(C)(C)O3)ccc2n1-c1ccccc1.CCc1nc2cc(Br)ccc2n1-c1ccccc1.Nc1cc(Br)ccc1Cc1ccccc1.Nc1ccccc1.O=C(Cl)c1ccc(Br)cc1.O=[N+]([O-])c1cc(Br)ccc1Br.O=[N+]([O-])c1cc(Br)ccc1Cc1ccccc1. The van der Waals surface area contributed by atoms with Gasteiger partial charge in [-0.15, -0.1) is 0 Å². The standard InChI is InChI=1S/C21H25BN2O2.C21H19N3.C15H13BrN2.C13H10BrNO2.C13H12BrN.C7H4BrClO.C6H3Br2NO2.C6H7N.C3H6O/c1-6-19-23-17-14-15(22-25-20(2,3)21(4,5)26-22)12-13-18(17)24(19)16-10-8-7-9-11-16;1-2-21-23-19-14-15(17-10-6-7-11-18(17)22)12-13-20(19)24(21)16-8-4-3-5-9-16;1-2-15-17-13-10-11(16)8-9-14(13)18(15)12-6-4-3-5-7-12;14-12-7-6-11(13(9-12)15(16)17)8-10-4-2-1-3-5-10;14-12-7-6-11(13(15)9-12)8-10-4-2-1-3-5-10;8-6-3-1-5(2-4-6)7(9)10;7-4-1-2-5(8)6(3-4)9(10)11;7-6-4-2-1-3-5-6;1-2-3-4/h7-14H,6H2,1-5H3;3-14H,2,22H2,1H3;3-10H,2H2,1H3;1-7,9H,8H2;1-7,9H,8,15H2;1-4H;1-3H;1-5H,7H2;3H,2H2,1H3. The summed E-state index contributed by atoms with van der Waals surface area (Å²) in [6.45, 7) is 16.5. The highest BCUT2D eigenvalue weighted by atomic mass is 79.9. The molecular formula is C105H99BBr6ClN11O8. The van der Waals surface area contributed by atoms with Gasteiger partial charge in [-0.2, -0.15) is 0 Å². The van der Waals surface area contributed by atoms with Crippen molar-refractivity contribution in [2.75, 3.05) is 17.2 Å². The Kier molecular flexibility index (Phi) is 38.9. The lowest BCUT2D eigenvalue weighted by Gasteiger charge is -2.32. The molecule has 4 heterocycles. The summed E-state index contributed by atoms with van der Waals surface area (Å²) >= 11 is 24.8. The number of nitrogens with two attached hydrogens (primary N) is 3. The van der Waals surface area contributed by atoms with Crippen molar-refractivity contribution >= 4 is 193 Å². The number of benzene rings is 14. The molecule has 0 unspecified atom stereocenters. The highest BCUT2D eigenvalue weighted by Gasteiger charge is 2.52. The Hall–Kier alpha value is -11.8. The Morgan fingerprint density at radius 2 is 0.780 bits per heavy atom. The smallest absolute Gasteiger partial charge is 0.399 e. The van der Waals surface area contributed by atoms with Gasteiger partial charge in [0.1, 0.15) is 23.8 Å². The van der Waals surface area contributed by atoms with E-state index in [9.17, 15) is 29.8 Å². The molecule has 674 valence electrons. The second kappa shape index (κ2) is 50.2. The number of rotatable bonds is 16. The van der Waals surface area contributed by atoms with Crippen molar-refractivity contribution in [3.63, 3.8) is 0 Å². The molecule has 19 nitrogen and oxygen atoms in total. The van der Waals surface area contributed by atoms with E-state index in [4.69, 9.17) is 53.1 Å². The van der Waals surface area contributed by atoms with Crippen LogP contribution in [0.5, 0.6) is 0 Å². The monoisotopic (exact) mass is 2160 g/mol. The number of nitro benzene ring substituents is 2. The fraction of sp³-hybridized carbons (Fsp3) is 0.152. The summed E-state index contributed by atoms with van der Waals surface area (Å²) in [6.07, 6.45) is 5.65. The largest absolute Gasteiger partial charge is 0.494 e. The van der Waals surface area contributed by atoms with Gasteiger partial charge in [0, 0.05) is 117 Å². The van der Waals surface area contributed by atoms with E-state index in [0.717, 1.165) is 157 Å². The molecule has 0 radical (unpaired) electrons. The van der Waals surface area contributed by atoms with Gasteiger partial charge in [0.15, 0.2) is 0 Å². The number of hydrogen-bond donors (Lipinski definition) is 3. The predicted octanol–water partition coefficient (Wildman–Crippen LogP) is 28.5. The molecule has 18 rings (SSSR count). The number of fused-ring (bicyclic) bond motifs is 3. The van der Waals surface area contributed by atoms with E-state index in [-0.39, 0.29) is 34.6 Å². The predicted molar refractivity (Wildman–Crippen MR) is 562 cm³/mol. The second-order valence-corrected chi connectivity index (χ2v) is 36.5. The highest BCUT2D eigenvalue weighted by molar-refractivity contribution is 9.11. The van der Waals surface area contributed by atoms with Gasteiger partial charge in [0.25, 0.3) is 16.6 Å². The van der Waals surface area contributed by atoms with Crippen molar-refractivity contribution in [1.82, 2.24) is 28.7 Å². The lowest BCUT2D eigenvalue weighted by Crippen LogP contribution is -2.41. The van der Waals surface area contributed by atoms with E-state index >= 15 is 0 Å². The van der Waals surface area contributed by atoms with Gasteiger partial charge in [0.05, 0.1) is 58.6 Å². The third-order valence-electron chi connectivity index (χ3n) is 20.9. The van der Waals surface area contributed by atoms with Crippen LogP contribution in [0.4, 0.5) is 28.4 Å². The summed E-state index contributed by atoms with van der Waals surface area (Å²) in [7, 11) is -0.364. The molecule has 14 aromatic carbocycles. The first-order valence-corrected chi connectivity index (χ1v) is 47.5. The fourth-order valence-corrected chi connectivity index (χ4v) is 15.8. The summed E-state index contributed by atoms with van der Waals surface area (Å²) in [5.74, 6) is 3.21. The number of nitro groups is 2. The van der Waals surface area contributed by atoms with Gasteiger partial charge in [-0.3, -0.25) is 38.7 Å². The first kappa shape index (κ1) is 102. The van der Waals surface area contributed by atoms with Gasteiger partial charge < -0.3 is 31.3 Å². The van der Waals surface area contributed by atoms with E-state index < -0.39 is 10.2 Å². The Balaban J connectivity index is 0.000000160. The number of hydrogen-bond acceptors (Lipinski definition) is 14. The summed E-state index contributed by atoms with van der Waals surface area (Å²) < 4.78 is 24.0. The molecule has 3 aromatic heterocycles. The number of halogens is 7. The van der Waals surface area contributed by atoms with Gasteiger partial charge >= 0.3 is 7.12 Å². The molecule has 0 spiro atoms. The van der Waals surface area contributed by atoms with Gasteiger partial charge in [-0.1, -0.05) is 283 Å². The maximum absolute atomic E-state index is 10.9. The number of nitrogens with zero attached hydrogens (tertiary/aromatic N) is 8. The van der Waals surface area contributed by atoms with Crippen molar-refractivity contribution in [2.24, 2.45) is 0 Å². The highest BCUT2D eigenvalue weighted by Crippen LogP contribution is 2.38. The van der Waals surface area contributed by atoms with E-state index in [2.05, 4.69) is 303 Å². The third kappa shape index (κ3) is 28.8. The van der Waals surface area contributed by atoms with Crippen LogP contribution in [-0.4, -0.2) is 68.3 Å².